The molecule has 1 aromatic heterocycles. The number of rotatable bonds is 1. The molecular weight excluding hydrogens is 292 g/mol. The summed E-state index contributed by atoms with van der Waals surface area (Å²) in [7, 11) is 0. The molecule has 2 heterocycles. The van der Waals surface area contributed by atoms with Gasteiger partial charge < -0.3 is 14.8 Å². The SMILES string of the molecule is O=c1nc2n(c3ccccc13)CC/C2=C\c1ccc(O)c(O)c1. The lowest BCUT2D eigenvalue weighted by molar-refractivity contribution is 0.403. The van der Waals surface area contributed by atoms with Crippen molar-refractivity contribution in [1.29, 1.82) is 0 Å². The second-order valence-corrected chi connectivity index (χ2v) is 5.58. The van der Waals surface area contributed by atoms with Crippen LogP contribution < -0.4 is 5.56 Å². The van der Waals surface area contributed by atoms with Gasteiger partial charge in [0, 0.05) is 6.54 Å². The van der Waals surface area contributed by atoms with Crippen molar-refractivity contribution < 1.29 is 10.2 Å². The zero-order valence-corrected chi connectivity index (χ0v) is 12.2. The van der Waals surface area contributed by atoms with Crippen molar-refractivity contribution in [3.8, 4) is 11.5 Å². The summed E-state index contributed by atoms with van der Waals surface area (Å²) >= 11 is 0. The number of fused-ring (bicyclic) bond motifs is 3. The van der Waals surface area contributed by atoms with Crippen LogP contribution in [0.4, 0.5) is 0 Å². The van der Waals surface area contributed by atoms with Crippen LogP contribution in [-0.2, 0) is 6.54 Å². The van der Waals surface area contributed by atoms with Gasteiger partial charge in [-0.1, -0.05) is 18.2 Å². The zero-order chi connectivity index (χ0) is 16.0. The van der Waals surface area contributed by atoms with Gasteiger partial charge in [-0.25, -0.2) is 0 Å². The quantitative estimate of drug-likeness (QED) is 0.678. The number of nitrogens with zero attached hydrogens (tertiary/aromatic N) is 2. The number of phenols is 2. The third-order valence-electron chi connectivity index (χ3n) is 4.12. The zero-order valence-electron chi connectivity index (χ0n) is 12.2. The molecule has 114 valence electrons. The molecule has 0 unspecified atom stereocenters. The highest BCUT2D eigenvalue weighted by atomic mass is 16.3. The summed E-state index contributed by atoms with van der Waals surface area (Å²) in [5, 5.41) is 19.6. The first kappa shape index (κ1) is 13.6. The van der Waals surface area contributed by atoms with E-state index in [0.717, 1.165) is 29.6 Å². The average Bonchev–Trinajstić information content (AvgIpc) is 2.94. The lowest BCUT2D eigenvalue weighted by atomic mass is 10.1. The lowest BCUT2D eigenvalue weighted by Crippen LogP contribution is -2.14. The van der Waals surface area contributed by atoms with Gasteiger partial charge in [0.05, 0.1) is 10.9 Å². The lowest BCUT2D eigenvalue weighted by Gasteiger charge is -2.07. The summed E-state index contributed by atoms with van der Waals surface area (Å²) < 4.78 is 2.04. The molecule has 0 atom stereocenters. The van der Waals surface area contributed by atoms with Gasteiger partial charge in [-0.15, -0.1) is 0 Å². The van der Waals surface area contributed by atoms with Crippen LogP contribution >= 0.6 is 0 Å². The van der Waals surface area contributed by atoms with Crippen LogP contribution in [0, 0.1) is 0 Å². The fraction of sp³-hybridized carbons (Fsp3) is 0.111. The monoisotopic (exact) mass is 306 g/mol. The van der Waals surface area contributed by atoms with Crippen molar-refractivity contribution in [2.24, 2.45) is 0 Å². The summed E-state index contributed by atoms with van der Waals surface area (Å²) in [5.74, 6) is 0.349. The molecule has 0 aliphatic carbocycles. The van der Waals surface area contributed by atoms with Crippen LogP contribution in [0.5, 0.6) is 11.5 Å². The van der Waals surface area contributed by atoms with E-state index in [2.05, 4.69) is 4.98 Å². The molecule has 3 aromatic rings. The van der Waals surface area contributed by atoms with Gasteiger partial charge >= 0.3 is 0 Å². The minimum atomic E-state index is -0.229. The van der Waals surface area contributed by atoms with Crippen LogP contribution in [0.1, 0.15) is 17.8 Å². The Morgan fingerprint density at radius 1 is 1.09 bits per heavy atom. The topological polar surface area (TPSA) is 75.4 Å². The van der Waals surface area contributed by atoms with E-state index in [1.165, 1.54) is 12.1 Å². The minimum Gasteiger partial charge on any atom is -0.504 e. The number of hydrogen-bond acceptors (Lipinski definition) is 4. The van der Waals surface area contributed by atoms with E-state index in [0.29, 0.717) is 11.2 Å². The van der Waals surface area contributed by atoms with Gasteiger partial charge in [0.15, 0.2) is 11.5 Å². The Bertz CT molecular complexity index is 1020. The summed E-state index contributed by atoms with van der Waals surface area (Å²) in [6.45, 7) is 0.763. The molecule has 1 aliphatic rings. The Balaban J connectivity index is 1.89. The Hall–Kier alpha value is -3.08. The fourth-order valence-corrected chi connectivity index (χ4v) is 3.00. The van der Waals surface area contributed by atoms with Crippen molar-refractivity contribution >= 4 is 22.6 Å². The molecular formula is C18H14N2O3. The Labute approximate surface area is 131 Å². The highest BCUT2D eigenvalue weighted by Crippen LogP contribution is 2.31. The minimum absolute atomic E-state index is 0.153. The molecule has 5 nitrogen and oxygen atoms in total. The average molecular weight is 306 g/mol. The highest BCUT2D eigenvalue weighted by Gasteiger charge is 2.20. The standard InChI is InChI=1S/C18H14N2O3/c21-15-6-5-11(10-16(15)22)9-12-7-8-20-14-4-2-1-3-13(14)18(23)19-17(12)20/h1-6,9-10,21-22H,7-8H2/b12-9+. The first-order chi connectivity index (χ1) is 11.1. The van der Waals surface area contributed by atoms with Crippen LogP contribution in [0.15, 0.2) is 47.3 Å². The predicted molar refractivity (Wildman–Crippen MR) is 88.3 cm³/mol. The third kappa shape index (κ3) is 2.17. The molecule has 4 rings (SSSR count). The molecule has 0 spiro atoms. The maximum absolute atomic E-state index is 12.2. The second kappa shape index (κ2) is 4.98. The molecule has 2 N–H and O–H groups in total. The Morgan fingerprint density at radius 3 is 2.74 bits per heavy atom. The van der Waals surface area contributed by atoms with Crippen molar-refractivity contribution in [1.82, 2.24) is 9.55 Å². The highest BCUT2D eigenvalue weighted by molar-refractivity contribution is 5.85. The molecule has 0 fully saturated rings. The molecule has 1 aliphatic heterocycles. The van der Waals surface area contributed by atoms with Crippen molar-refractivity contribution in [2.75, 3.05) is 0 Å². The molecule has 0 bridgehead atoms. The maximum Gasteiger partial charge on any atom is 0.281 e. The summed E-state index contributed by atoms with van der Waals surface area (Å²) in [6, 6.07) is 12.1. The first-order valence-electron chi connectivity index (χ1n) is 7.36. The molecule has 0 amide bonds. The molecule has 5 heteroatoms. The van der Waals surface area contributed by atoms with Crippen molar-refractivity contribution in [2.45, 2.75) is 13.0 Å². The van der Waals surface area contributed by atoms with Gasteiger partial charge in [-0.3, -0.25) is 4.79 Å². The number of aromatic nitrogens is 2. The smallest absolute Gasteiger partial charge is 0.281 e. The van der Waals surface area contributed by atoms with E-state index < -0.39 is 0 Å². The van der Waals surface area contributed by atoms with E-state index in [4.69, 9.17) is 0 Å². The van der Waals surface area contributed by atoms with E-state index in [-0.39, 0.29) is 17.1 Å². The normalized spacial score (nSPS) is 15.2. The van der Waals surface area contributed by atoms with Crippen LogP contribution in [0.3, 0.4) is 0 Å². The maximum atomic E-state index is 12.2. The Kier molecular flexibility index (Phi) is 2.94. The van der Waals surface area contributed by atoms with Crippen LogP contribution in [0.25, 0.3) is 22.6 Å². The molecule has 2 aromatic carbocycles. The fourth-order valence-electron chi connectivity index (χ4n) is 3.00. The molecule has 23 heavy (non-hydrogen) atoms. The van der Waals surface area contributed by atoms with E-state index in [1.807, 2.05) is 28.8 Å². The third-order valence-corrected chi connectivity index (χ3v) is 4.12. The number of aryl methyl sites for hydroxylation is 1. The first-order valence-corrected chi connectivity index (χ1v) is 7.36. The van der Waals surface area contributed by atoms with E-state index in [1.54, 1.807) is 12.1 Å². The van der Waals surface area contributed by atoms with E-state index >= 15 is 0 Å². The summed E-state index contributed by atoms with van der Waals surface area (Å²) in [6.07, 6.45) is 2.65. The van der Waals surface area contributed by atoms with Gasteiger partial charge in [0.2, 0.25) is 0 Å². The number of phenolic OH excluding ortho intramolecular Hbond substituents is 2. The molecule has 0 radical (unpaired) electrons. The van der Waals surface area contributed by atoms with Crippen LogP contribution in [-0.4, -0.2) is 19.8 Å². The van der Waals surface area contributed by atoms with Gasteiger partial charge in [-0.05, 0) is 47.9 Å². The predicted octanol–water partition coefficient (Wildman–Crippen LogP) is 2.75. The van der Waals surface area contributed by atoms with Gasteiger partial charge in [-0.2, -0.15) is 4.98 Å². The second-order valence-electron chi connectivity index (χ2n) is 5.58. The Morgan fingerprint density at radius 2 is 1.91 bits per heavy atom. The summed E-state index contributed by atoms with van der Waals surface area (Å²) in [5.41, 5.74) is 2.36. The number of hydrogen-bond donors (Lipinski definition) is 2. The number of benzene rings is 2. The largest absolute Gasteiger partial charge is 0.504 e. The van der Waals surface area contributed by atoms with Gasteiger partial charge in [0.1, 0.15) is 5.82 Å². The number of para-hydroxylation sites is 1. The number of allylic oxidation sites excluding steroid dienone is 1. The van der Waals surface area contributed by atoms with Crippen LogP contribution in [0.2, 0.25) is 0 Å². The summed E-state index contributed by atoms with van der Waals surface area (Å²) in [4.78, 5) is 16.4. The van der Waals surface area contributed by atoms with Gasteiger partial charge in [0.25, 0.3) is 5.56 Å². The van der Waals surface area contributed by atoms with E-state index in [9.17, 15) is 15.0 Å². The molecule has 0 saturated heterocycles. The number of aromatic hydroxyl groups is 2. The molecule has 0 saturated carbocycles. The van der Waals surface area contributed by atoms with Crippen molar-refractivity contribution in [3.05, 3.63) is 64.2 Å². The van der Waals surface area contributed by atoms with Crippen molar-refractivity contribution in [3.63, 3.8) is 0 Å².